The van der Waals surface area contributed by atoms with Crippen molar-refractivity contribution in [3.8, 4) is 0 Å². The highest BCUT2D eigenvalue weighted by atomic mass is 127. The van der Waals surface area contributed by atoms with E-state index in [1.54, 1.807) is 0 Å². The van der Waals surface area contributed by atoms with Crippen molar-refractivity contribution in [2.45, 2.75) is 66.0 Å². The molecule has 1 heterocycles. The molecule has 0 amide bonds. The molecule has 0 aromatic heterocycles. The molecule has 0 spiro atoms. The number of likely N-dealkylation sites (tertiary alicyclic amines) is 1. The molecule has 4 nitrogen and oxygen atoms in total. The number of rotatable bonds is 4. The summed E-state index contributed by atoms with van der Waals surface area (Å²) in [7, 11) is 0. The Labute approximate surface area is 148 Å². The topological polar surface area (TPSA) is 39.7 Å². The summed E-state index contributed by atoms with van der Waals surface area (Å²) >= 11 is 0. The smallest absolute Gasteiger partial charge is 0.191 e. The van der Waals surface area contributed by atoms with Gasteiger partial charge in [0.1, 0.15) is 0 Å². The molecular formula is C16H35IN4. The van der Waals surface area contributed by atoms with Crippen LogP contribution in [0.25, 0.3) is 0 Å². The fourth-order valence-corrected chi connectivity index (χ4v) is 2.47. The summed E-state index contributed by atoms with van der Waals surface area (Å²) in [6.07, 6.45) is 2.66. The fourth-order valence-electron chi connectivity index (χ4n) is 2.47. The minimum Gasteiger partial charge on any atom is -0.357 e. The molecule has 0 aliphatic carbocycles. The van der Waals surface area contributed by atoms with Crippen molar-refractivity contribution in [3.05, 3.63) is 0 Å². The summed E-state index contributed by atoms with van der Waals surface area (Å²) < 4.78 is 0. The largest absolute Gasteiger partial charge is 0.357 e. The Bertz CT molecular complexity index is 304. The van der Waals surface area contributed by atoms with Crippen LogP contribution in [0.1, 0.15) is 54.4 Å². The van der Waals surface area contributed by atoms with Crippen LogP contribution in [-0.4, -0.2) is 48.6 Å². The van der Waals surface area contributed by atoms with Gasteiger partial charge >= 0.3 is 0 Å². The lowest BCUT2D eigenvalue weighted by Crippen LogP contribution is -2.48. The van der Waals surface area contributed by atoms with Crippen molar-refractivity contribution in [3.63, 3.8) is 0 Å². The molecule has 1 fully saturated rings. The van der Waals surface area contributed by atoms with E-state index in [1.807, 2.05) is 0 Å². The second-order valence-corrected chi connectivity index (χ2v) is 7.16. The Hall–Kier alpha value is -0.0400. The average molecular weight is 410 g/mol. The minimum absolute atomic E-state index is 0. The molecule has 0 saturated carbocycles. The van der Waals surface area contributed by atoms with E-state index in [-0.39, 0.29) is 29.5 Å². The van der Waals surface area contributed by atoms with E-state index in [0.717, 1.165) is 25.0 Å². The Kier molecular flexibility index (Phi) is 9.85. The quantitative estimate of drug-likeness (QED) is 0.425. The van der Waals surface area contributed by atoms with Crippen LogP contribution in [0.4, 0.5) is 0 Å². The molecule has 0 aromatic carbocycles. The lowest BCUT2D eigenvalue weighted by atomic mass is 9.98. The normalized spacial score (nSPS) is 19.8. The number of nitrogens with zero attached hydrogens (tertiary/aromatic N) is 2. The Balaban J connectivity index is 0.00000400. The van der Waals surface area contributed by atoms with E-state index in [4.69, 9.17) is 4.99 Å². The molecule has 5 heteroatoms. The molecule has 0 bridgehead atoms. The second kappa shape index (κ2) is 9.87. The lowest BCUT2D eigenvalue weighted by molar-refractivity contribution is 0.150. The number of halogens is 1. The predicted octanol–water partition coefficient (Wildman–Crippen LogP) is 3.08. The zero-order chi connectivity index (χ0) is 15.2. The molecule has 1 atom stereocenters. The van der Waals surface area contributed by atoms with Crippen LogP contribution in [0.15, 0.2) is 4.99 Å². The van der Waals surface area contributed by atoms with Gasteiger partial charge in [0.05, 0.1) is 6.54 Å². The number of hydrogen-bond donors (Lipinski definition) is 2. The number of piperidine rings is 1. The first-order chi connectivity index (χ1) is 9.31. The van der Waals surface area contributed by atoms with Gasteiger partial charge in [-0.2, -0.15) is 0 Å². The van der Waals surface area contributed by atoms with Gasteiger partial charge in [0, 0.05) is 18.1 Å². The molecule has 21 heavy (non-hydrogen) atoms. The van der Waals surface area contributed by atoms with Crippen LogP contribution >= 0.6 is 24.0 Å². The zero-order valence-corrected chi connectivity index (χ0v) is 17.0. The van der Waals surface area contributed by atoms with Crippen molar-refractivity contribution < 1.29 is 0 Å². The number of aliphatic imine (C=N–C) groups is 1. The highest BCUT2D eigenvalue weighted by Gasteiger charge is 2.20. The summed E-state index contributed by atoms with van der Waals surface area (Å²) in [5.41, 5.74) is 0.0464. The molecule has 126 valence electrons. The van der Waals surface area contributed by atoms with Gasteiger partial charge in [0.2, 0.25) is 0 Å². The van der Waals surface area contributed by atoms with Crippen molar-refractivity contribution in [2.75, 3.05) is 26.2 Å². The molecule has 1 saturated heterocycles. The van der Waals surface area contributed by atoms with E-state index in [0.29, 0.717) is 6.04 Å². The van der Waals surface area contributed by atoms with Crippen LogP contribution in [-0.2, 0) is 0 Å². The first kappa shape index (κ1) is 21.0. The van der Waals surface area contributed by atoms with E-state index in [1.165, 1.54) is 25.9 Å². The maximum atomic E-state index is 4.75. The summed E-state index contributed by atoms with van der Waals surface area (Å²) in [4.78, 5) is 7.32. The van der Waals surface area contributed by atoms with Crippen LogP contribution in [0, 0.1) is 5.92 Å². The van der Waals surface area contributed by atoms with Crippen LogP contribution in [0.2, 0.25) is 0 Å². The van der Waals surface area contributed by atoms with Gasteiger partial charge in [-0.15, -0.1) is 24.0 Å². The number of hydrogen-bond acceptors (Lipinski definition) is 2. The number of nitrogens with one attached hydrogen (secondary N) is 2. The van der Waals surface area contributed by atoms with Gasteiger partial charge in [0.25, 0.3) is 0 Å². The molecule has 2 N–H and O–H groups in total. The van der Waals surface area contributed by atoms with Crippen molar-refractivity contribution >= 4 is 29.9 Å². The molecule has 0 radical (unpaired) electrons. The third kappa shape index (κ3) is 8.86. The van der Waals surface area contributed by atoms with Crippen LogP contribution in [0.3, 0.4) is 0 Å². The van der Waals surface area contributed by atoms with Gasteiger partial charge in [-0.3, -0.25) is 9.89 Å². The average Bonchev–Trinajstić information content (AvgIpc) is 2.35. The minimum atomic E-state index is 0. The molecule has 1 rings (SSSR count). The second-order valence-electron chi connectivity index (χ2n) is 7.16. The third-order valence-corrected chi connectivity index (χ3v) is 3.79. The molecule has 1 aliphatic rings. The molecular weight excluding hydrogens is 375 g/mol. The Morgan fingerprint density at radius 1 is 1.29 bits per heavy atom. The molecule has 1 unspecified atom stereocenters. The maximum absolute atomic E-state index is 4.75. The predicted molar refractivity (Wildman–Crippen MR) is 104 cm³/mol. The van der Waals surface area contributed by atoms with Gasteiger partial charge in [-0.05, 0) is 66.5 Å². The summed E-state index contributed by atoms with van der Waals surface area (Å²) in [6, 6.07) is 0.526. The Morgan fingerprint density at radius 3 is 2.33 bits per heavy atom. The summed E-state index contributed by atoms with van der Waals surface area (Å²) in [6.45, 7) is 17.4. The highest BCUT2D eigenvalue weighted by Crippen LogP contribution is 2.17. The lowest BCUT2D eigenvalue weighted by Gasteiger charge is -2.34. The zero-order valence-electron chi connectivity index (χ0n) is 14.7. The van der Waals surface area contributed by atoms with Gasteiger partial charge in [0.15, 0.2) is 5.96 Å². The van der Waals surface area contributed by atoms with Crippen LogP contribution in [0.5, 0.6) is 0 Å². The van der Waals surface area contributed by atoms with Crippen molar-refractivity contribution in [1.29, 1.82) is 0 Å². The van der Waals surface area contributed by atoms with Gasteiger partial charge in [-0.25, -0.2) is 0 Å². The highest BCUT2D eigenvalue weighted by molar-refractivity contribution is 14.0. The SMILES string of the molecule is CCNC(=NCC(C)N1CCC(C)CC1)NC(C)(C)C.I. The number of guanidine groups is 1. The summed E-state index contributed by atoms with van der Waals surface area (Å²) in [5, 5.41) is 6.77. The Morgan fingerprint density at radius 2 is 1.86 bits per heavy atom. The summed E-state index contributed by atoms with van der Waals surface area (Å²) in [5.74, 6) is 1.82. The fraction of sp³-hybridized carbons (Fsp3) is 0.938. The van der Waals surface area contributed by atoms with Crippen molar-refractivity contribution in [2.24, 2.45) is 10.9 Å². The van der Waals surface area contributed by atoms with E-state index in [9.17, 15) is 0 Å². The first-order valence-electron chi connectivity index (χ1n) is 8.12. The van der Waals surface area contributed by atoms with E-state index < -0.39 is 0 Å². The van der Waals surface area contributed by atoms with Crippen LogP contribution < -0.4 is 10.6 Å². The third-order valence-electron chi connectivity index (χ3n) is 3.79. The first-order valence-corrected chi connectivity index (χ1v) is 8.12. The molecule has 0 aromatic rings. The van der Waals surface area contributed by atoms with E-state index >= 15 is 0 Å². The van der Waals surface area contributed by atoms with Crippen molar-refractivity contribution in [1.82, 2.24) is 15.5 Å². The standard InChI is InChI=1S/C16H34N4.HI/c1-7-17-15(19-16(4,5)6)18-12-14(3)20-10-8-13(2)9-11-20;/h13-14H,7-12H2,1-6H3,(H2,17,18,19);1H. The monoisotopic (exact) mass is 410 g/mol. The molecule has 1 aliphatic heterocycles. The maximum Gasteiger partial charge on any atom is 0.191 e. The van der Waals surface area contributed by atoms with Gasteiger partial charge < -0.3 is 10.6 Å². The van der Waals surface area contributed by atoms with E-state index in [2.05, 4.69) is 57.1 Å². The van der Waals surface area contributed by atoms with Gasteiger partial charge in [-0.1, -0.05) is 6.92 Å².